The number of hydrogen-bond acceptors (Lipinski definition) is 4. The maximum Gasteiger partial charge on any atom is 0.234 e. The Morgan fingerprint density at radius 3 is 2.32 bits per heavy atom. The SMILES string of the molecule is Cc1ccccc1NC(=O)C(c1ccc(Cl)cc1)C1(O)CCN(CCCC(=O)c2ccc(F)cc2)CC1. The molecule has 1 atom stereocenters. The summed E-state index contributed by atoms with van der Waals surface area (Å²) in [6.45, 7) is 3.87. The topological polar surface area (TPSA) is 69.6 Å². The molecule has 0 aliphatic carbocycles. The zero-order valence-electron chi connectivity index (χ0n) is 20.9. The van der Waals surface area contributed by atoms with Gasteiger partial charge in [-0.25, -0.2) is 4.39 Å². The van der Waals surface area contributed by atoms with Crippen molar-refractivity contribution in [1.29, 1.82) is 0 Å². The summed E-state index contributed by atoms with van der Waals surface area (Å²) in [5.41, 5.74) is 1.68. The molecule has 1 aliphatic rings. The van der Waals surface area contributed by atoms with Crippen LogP contribution in [-0.2, 0) is 4.79 Å². The largest absolute Gasteiger partial charge is 0.389 e. The molecule has 37 heavy (non-hydrogen) atoms. The maximum absolute atomic E-state index is 13.6. The van der Waals surface area contributed by atoms with Crippen molar-refractivity contribution in [2.24, 2.45) is 0 Å². The number of likely N-dealkylation sites (tertiary alicyclic amines) is 1. The first-order valence-electron chi connectivity index (χ1n) is 12.6. The van der Waals surface area contributed by atoms with Crippen molar-refractivity contribution in [3.63, 3.8) is 0 Å². The molecule has 1 aliphatic heterocycles. The van der Waals surface area contributed by atoms with Crippen LogP contribution in [0.2, 0.25) is 5.02 Å². The van der Waals surface area contributed by atoms with Crippen molar-refractivity contribution < 1.29 is 19.1 Å². The summed E-state index contributed by atoms with van der Waals surface area (Å²) in [6, 6.07) is 20.3. The van der Waals surface area contributed by atoms with Gasteiger partial charge in [-0.05, 0) is 86.3 Å². The molecule has 1 fully saturated rings. The Morgan fingerprint density at radius 1 is 1.03 bits per heavy atom. The minimum absolute atomic E-state index is 0.0100. The number of Topliss-reactive ketones (excluding diaryl/α,β-unsaturated/α-hetero) is 1. The fraction of sp³-hybridized carbons (Fsp3) is 0.333. The summed E-state index contributed by atoms with van der Waals surface area (Å²) >= 11 is 6.09. The maximum atomic E-state index is 13.6. The number of nitrogens with one attached hydrogen (secondary N) is 1. The highest BCUT2D eigenvalue weighted by Gasteiger charge is 2.44. The Bertz CT molecular complexity index is 1220. The molecule has 7 heteroatoms. The second-order valence-electron chi connectivity index (χ2n) is 9.77. The molecule has 2 N–H and O–H groups in total. The smallest absolute Gasteiger partial charge is 0.234 e. The summed E-state index contributed by atoms with van der Waals surface area (Å²) in [4.78, 5) is 28.2. The van der Waals surface area contributed by atoms with Crippen LogP contribution in [0.4, 0.5) is 10.1 Å². The highest BCUT2D eigenvalue weighted by Crippen LogP contribution is 2.38. The number of piperidine rings is 1. The molecular weight excluding hydrogens is 491 g/mol. The third-order valence-corrected chi connectivity index (χ3v) is 7.42. The van der Waals surface area contributed by atoms with Gasteiger partial charge < -0.3 is 15.3 Å². The van der Waals surface area contributed by atoms with Gasteiger partial charge in [0.15, 0.2) is 5.78 Å². The van der Waals surface area contributed by atoms with Crippen molar-refractivity contribution in [3.8, 4) is 0 Å². The molecule has 194 valence electrons. The first-order chi connectivity index (χ1) is 17.7. The Labute approximate surface area is 222 Å². The highest BCUT2D eigenvalue weighted by molar-refractivity contribution is 6.30. The zero-order chi connectivity index (χ0) is 26.4. The number of anilines is 1. The summed E-state index contributed by atoms with van der Waals surface area (Å²) in [6.07, 6.45) is 1.89. The highest BCUT2D eigenvalue weighted by atomic mass is 35.5. The molecule has 1 unspecified atom stereocenters. The number of benzene rings is 3. The van der Waals surface area contributed by atoms with Crippen molar-refractivity contribution in [2.45, 2.75) is 44.1 Å². The minimum Gasteiger partial charge on any atom is -0.389 e. The van der Waals surface area contributed by atoms with E-state index in [0.29, 0.717) is 55.9 Å². The van der Waals surface area contributed by atoms with E-state index in [9.17, 15) is 19.1 Å². The van der Waals surface area contributed by atoms with E-state index in [0.717, 1.165) is 16.8 Å². The Balaban J connectivity index is 1.40. The summed E-state index contributed by atoms with van der Waals surface area (Å²) < 4.78 is 13.1. The molecule has 0 aromatic heterocycles. The van der Waals surface area contributed by atoms with Crippen molar-refractivity contribution in [1.82, 2.24) is 4.90 Å². The summed E-state index contributed by atoms with van der Waals surface area (Å²) in [5, 5.41) is 15.4. The molecule has 1 saturated heterocycles. The third-order valence-electron chi connectivity index (χ3n) is 7.17. The van der Waals surface area contributed by atoms with Crippen LogP contribution in [0.3, 0.4) is 0 Å². The van der Waals surface area contributed by atoms with Gasteiger partial charge in [0.1, 0.15) is 5.82 Å². The number of nitrogens with zero attached hydrogens (tertiary/aromatic N) is 1. The predicted molar refractivity (Wildman–Crippen MR) is 145 cm³/mol. The van der Waals surface area contributed by atoms with Crippen LogP contribution >= 0.6 is 11.6 Å². The average molecular weight is 523 g/mol. The standard InChI is InChI=1S/C30H32ClFN2O3/c1-21-5-2-3-6-26(21)33-29(36)28(23-8-12-24(31)13-9-23)30(37)16-19-34(20-17-30)18-4-7-27(35)22-10-14-25(32)15-11-22/h2-3,5-6,8-15,28,37H,4,7,16-20H2,1H3,(H,33,36). The lowest BCUT2D eigenvalue weighted by atomic mass is 9.75. The van der Waals surface area contributed by atoms with E-state index < -0.39 is 11.5 Å². The Morgan fingerprint density at radius 2 is 1.68 bits per heavy atom. The Hall–Kier alpha value is -3.06. The second-order valence-corrected chi connectivity index (χ2v) is 10.2. The molecule has 4 rings (SSSR count). The van der Waals surface area contributed by atoms with Gasteiger partial charge >= 0.3 is 0 Å². The van der Waals surface area contributed by atoms with Crippen LogP contribution in [0.15, 0.2) is 72.8 Å². The number of amides is 1. The van der Waals surface area contributed by atoms with Gasteiger partial charge in [0.25, 0.3) is 0 Å². The van der Waals surface area contributed by atoms with Gasteiger partial charge in [-0.2, -0.15) is 0 Å². The van der Waals surface area contributed by atoms with Crippen molar-refractivity contribution in [2.75, 3.05) is 25.0 Å². The number of aryl methyl sites for hydroxylation is 1. The minimum atomic E-state index is -1.22. The van der Waals surface area contributed by atoms with Gasteiger partial charge in [0, 0.05) is 35.8 Å². The molecule has 0 radical (unpaired) electrons. The first kappa shape index (κ1) is 27.0. The van der Waals surface area contributed by atoms with Crippen molar-refractivity contribution >= 4 is 29.0 Å². The number of para-hydroxylation sites is 1. The van der Waals surface area contributed by atoms with Crippen LogP contribution < -0.4 is 5.32 Å². The molecule has 1 amide bonds. The monoisotopic (exact) mass is 522 g/mol. The number of rotatable bonds is 9. The normalized spacial score (nSPS) is 16.2. The molecular formula is C30H32ClFN2O3. The average Bonchev–Trinajstić information content (AvgIpc) is 2.88. The molecule has 0 spiro atoms. The molecule has 0 saturated carbocycles. The molecule has 3 aromatic rings. The summed E-state index contributed by atoms with van der Waals surface area (Å²) in [5.74, 6) is -1.38. The van der Waals surface area contributed by atoms with E-state index in [1.54, 1.807) is 24.3 Å². The van der Waals surface area contributed by atoms with E-state index in [4.69, 9.17) is 11.6 Å². The number of carbonyl (C=O) groups is 2. The number of halogens is 2. The van der Waals surface area contributed by atoms with E-state index in [1.807, 2.05) is 31.2 Å². The predicted octanol–water partition coefficient (Wildman–Crippen LogP) is 6.00. The van der Waals surface area contributed by atoms with E-state index in [-0.39, 0.29) is 17.5 Å². The lowest BCUT2D eigenvalue weighted by molar-refractivity contribution is -0.127. The van der Waals surface area contributed by atoms with Gasteiger partial charge in [-0.3, -0.25) is 9.59 Å². The quantitative estimate of drug-likeness (QED) is 0.338. The molecule has 1 heterocycles. The van der Waals surface area contributed by atoms with E-state index in [1.165, 1.54) is 24.3 Å². The Kier molecular flexibility index (Phi) is 8.75. The fourth-order valence-corrected chi connectivity index (χ4v) is 5.10. The van der Waals surface area contributed by atoms with Crippen LogP contribution in [0.25, 0.3) is 0 Å². The fourth-order valence-electron chi connectivity index (χ4n) is 4.97. The molecule has 0 bridgehead atoms. The summed E-state index contributed by atoms with van der Waals surface area (Å²) in [7, 11) is 0. The number of hydrogen-bond donors (Lipinski definition) is 2. The van der Waals surface area contributed by atoms with Crippen LogP contribution in [-0.4, -0.2) is 46.9 Å². The van der Waals surface area contributed by atoms with Crippen LogP contribution in [0.5, 0.6) is 0 Å². The van der Waals surface area contributed by atoms with E-state index >= 15 is 0 Å². The first-order valence-corrected chi connectivity index (χ1v) is 13.0. The zero-order valence-corrected chi connectivity index (χ0v) is 21.7. The lowest BCUT2D eigenvalue weighted by Crippen LogP contribution is -2.51. The number of ketones is 1. The van der Waals surface area contributed by atoms with E-state index in [2.05, 4.69) is 10.2 Å². The number of carbonyl (C=O) groups excluding carboxylic acids is 2. The van der Waals surface area contributed by atoms with Gasteiger partial charge in [-0.15, -0.1) is 0 Å². The molecule has 5 nitrogen and oxygen atoms in total. The van der Waals surface area contributed by atoms with Crippen molar-refractivity contribution in [3.05, 3.63) is 100 Å². The third kappa shape index (κ3) is 6.83. The van der Waals surface area contributed by atoms with Crippen LogP contribution in [0.1, 0.15) is 53.1 Å². The number of aliphatic hydroxyl groups is 1. The second kappa shape index (κ2) is 12.0. The van der Waals surface area contributed by atoms with Gasteiger partial charge in [-0.1, -0.05) is 41.9 Å². The van der Waals surface area contributed by atoms with Gasteiger partial charge in [0.2, 0.25) is 5.91 Å². The lowest BCUT2D eigenvalue weighted by Gasteiger charge is -2.42. The van der Waals surface area contributed by atoms with Crippen LogP contribution in [0, 0.1) is 12.7 Å². The molecule has 3 aromatic carbocycles. The van der Waals surface area contributed by atoms with Gasteiger partial charge in [0.05, 0.1) is 11.5 Å².